The molecule has 1 atom stereocenters. The summed E-state index contributed by atoms with van der Waals surface area (Å²) in [5.74, 6) is 1.30. The predicted octanol–water partition coefficient (Wildman–Crippen LogP) is 5.01. The topological polar surface area (TPSA) is 12.0 Å². The van der Waals surface area contributed by atoms with Gasteiger partial charge in [-0.05, 0) is 29.8 Å². The predicted molar refractivity (Wildman–Crippen MR) is 79.8 cm³/mol. The lowest BCUT2D eigenvalue weighted by atomic mass is 10.0. The third-order valence-corrected chi connectivity index (χ3v) is 4.79. The molecule has 0 aromatic heterocycles. The Morgan fingerprint density at radius 3 is 2.71 bits per heavy atom. The van der Waals surface area contributed by atoms with Gasteiger partial charge in [-0.15, -0.1) is 11.8 Å². The highest BCUT2D eigenvalue weighted by atomic mass is 32.2. The van der Waals surface area contributed by atoms with Crippen LogP contribution in [0.15, 0.2) is 53.4 Å². The molecule has 0 saturated carbocycles. The number of halogens is 3. The molecule has 1 nitrogen and oxygen atoms in total. The average Bonchev–Trinajstić information content (AvgIpc) is 2.88. The molecule has 1 aliphatic rings. The van der Waals surface area contributed by atoms with E-state index in [0.29, 0.717) is 18.2 Å². The minimum Gasteiger partial charge on any atom is -0.384 e. The summed E-state index contributed by atoms with van der Waals surface area (Å²) in [5.41, 5.74) is 1.18. The Morgan fingerprint density at radius 1 is 1.10 bits per heavy atom. The zero-order chi connectivity index (χ0) is 14.9. The molecule has 0 fully saturated rings. The summed E-state index contributed by atoms with van der Waals surface area (Å²) in [6.45, 7) is 0.644. The van der Waals surface area contributed by atoms with Crippen LogP contribution in [-0.4, -0.2) is 12.3 Å². The summed E-state index contributed by atoms with van der Waals surface area (Å²) in [4.78, 5) is 1.27. The van der Waals surface area contributed by atoms with Crippen molar-refractivity contribution in [2.24, 2.45) is 0 Å². The van der Waals surface area contributed by atoms with Gasteiger partial charge < -0.3 is 5.32 Å². The molecule has 0 bridgehead atoms. The average molecular weight is 309 g/mol. The molecule has 1 aliphatic heterocycles. The Bertz CT molecular complexity index is 639. The Morgan fingerprint density at radius 2 is 1.90 bits per heavy atom. The number of alkyl halides is 3. The van der Waals surface area contributed by atoms with Crippen molar-refractivity contribution in [2.75, 3.05) is 17.6 Å². The number of thioether (sulfide) groups is 1. The number of fused-ring (bicyclic) bond motifs is 1. The Hall–Kier alpha value is -1.62. The molecule has 0 aliphatic carbocycles. The largest absolute Gasteiger partial charge is 0.416 e. The molecule has 0 saturated heterocycles. The fourth-order valence-corrected chi connectivity index (χ4v) is 3.70. The molecule has 5 heteroatoms. The molecule has 110 valence electrons. The summed E-state index contributed by atoms with van der Waals surface area (Å²) in [7, 11) is 0. The second kappa shape index (κ2) is 5.64. The van der Waals surface area contributed by atoms with Crippen molar-refractivity contribution < 1.29 is 13.2 Å². The van der Waals surface area contributed by atoms with Crippen LogP contribution in [0.2, 0.25) is 0 Å². The van der Waals surface area contributed by atoms with Crippen LogP contribution < -0.4 is 5.32 Å². The molecular formula is C16H14F3NS. The van der Waals surface area contributed by atoms with Crippen LogP contribution in [0.3, 0.4) is 0 Å². The first-order chi connectivity index (χ1) is 10.0. The first-order valence-corrected chi connectivity index (χ1v) is 7.65. The number of benzene rings is 2. The maximum Gasteiger partial charge on any atom is 0.416 e. The summed E-state index contributed by atoms with van der Waals surface area (Å²) < 4.78 is 38.0. The van der Waals surface area contributed by atoms with Gasteiger partial charge >= 0.3 is 6.18 Å². The normalized spacial score (nSPS) is 17.6. The van der Waals surface area contributed by atoms with Crippen molar-refractivity contribution >= 4 is 17.4 Å². The monoisotopic (exact) mass is 309 g/mol. The van der Waals surface area contributed by atoms with Crippen molar-refractivity contribution in [3.63, 3.8) is 0 Å². The van der Waals surface area contributed by atoms with Crippen LogP contribution in [0, 0.1) is 0 Å². The van der Waals surface area contributed by atoms with E-state index in [4.69, 9.17) is 0 Å². The molecule has 3 rings (SSSR count). The smallest absolute Gasteiger partial charge is 0.384 e. The molecular weight excluding hydrogens is 295 g/mol. The third-order valence-electron chi connectivity index (χ3n) is 3.54. The van der Waals surface area contributed by atoms with Gasteiger partial charge in [-0.25, -0.2) is 0 Å². The minimum atomic E-state index is -4.30. The van der Waals surface area contributed by atoms with Gasteiger partial charge in [-0.1, -0.05) is 24.3 Å². The van der Waals surface area contributed by atoms with E-state index in [1.165, 1.54) is 16.5 Å². The Kier molecular flexibility index (Phi) is 3.85. The number of hydrogen-bond acceptors (Lipinski definition) is 2. The van der Waals surface area contributed by atoms with E-state index in [1.807, 2.05) is 12.1 Å². The van der Waals surface area contributed by atoms with Crippen LogP contribution in [0.5, 0.6) is 0 Å². The van der Waals surface area contributed by atoms with Crippen molar-refractivity contribution in [1.29, 1.82) is 0 Å². The summed E-state index contributed by atoms with van der Waals surface area (Å²) >= 11 is 1.80. The van der Waals surface area contributed by atoms with Gasteiger partial charge in [0.05, 0.1) is 5.56 Å². The minimum absolute atomic E-state index is 0.334. The van der Waals surface area contributed by atoms with Crippen molar-refractivity contribution in [2.45, 2.75) is 17.0 Å². The summed E-state index contributed by atoms with van der Waals surface area (Å²) in [6, 6.07) is 13.5. The number of nitrogens with one attached hydrogen (secondary N) is 1. The van der Waals surface area contributed by atoms with Gasteiger partial charge in [0, 0.05) is 28.8 Å². The maximum atomic E-state index is 12.7. The van der Waals surface area contributed by atoms with E-state index >= 15 is 0 Å². The van der Waals surface area contributed by atoms with Gasteiger partial charge in [0.2, 0.25) is 0 Å². The van der Waals surface area contributed by atoms with Gasteiger partial charge in [-0.2, -0.15) is 13.2 Å². The Labute approximate surface area is 125 Å². The van der Waals surface area contributed by atoms with Crippen LogP contribution >= 0.6 is 11.8 Å². The highest BCUT2D eigenvalue weighted by Crippen LogP contribution is 2.39. The SMILES string of the molecule is FC(F)(F)c1cccc(NCC2CSc3ccccc32)c1. The first-order valence-electron chi connectivity index (χ1n) is 6.67. The molecule has 2 aromatic rings. The zero-order valence-electron chi connectivity index (χ0n) is 11.2. The number of anilines is 1. The standard InChI is InChI=1S/C16H14F3NS/c17-16(18,19)12-4-3-5-13(8-12)20-9-11-10-21-15-7-2-1-6-14(11)15/h1-8,11,20H,9-10H2. The lowest BCUT2D eigenvalue weighted by Gasteiger charge is -2.14. The lowest BCUT2D eigenvalue weighted by molar-refractivity contribution is -0.137. The van der Waals surface area contributed by atoms with Gasteiger partial charge in [0.1, 0.15) is 0 Å². The van der Waals surface area contributed by atoms with Gasteiger partial charge in [0.15, 0.2) is 0 Å². The third kappa shape index (κ3) is 3.18. The van der Waals surface area contributed by atoms with Crippen LogP contribution in [0.4, 0.5) is 18.9 Å². The second-order valence-electron chi connectivity index (χ2n) is 5.01. The van der Waals surface area contributed by atoms with Crippen molar-refractivity contribution in [3.8, 4) is 0 Å². The number of hydrogen-bond donors (Lipinski definition) is 1. The van der Waals surface area contributed by atoms with Crippen molar-refractivity contribution in [1.82, 2.24) is 0 Å². The van der Waals surface area contributed by atoms with Crippen LogP contribution in [0.25, 0.3) is 0 Å². The molecule has 0 radical (unpaired) electrons. The second-order valence-corrected chi connectivity index (χ2v) is 6.07. The zero-order valence-corrected chi connectivity index (χ0v) is 12.0. The van der Waals surface area contributed by atoms with E-state index in [9.17, 15) is 13.2 Å². The molecule has 1 N–H and O–H groups in total. The molecule has 0 spiro atoms. The highest BCUT2D eigenvalue weighted by Gasteiger charge is 2.30. The summed E-state index contributed by atoms with van der Waals surface area (Å²) in [5, 5.41) is 3.13. The molecule has 0 amide bonds. The fraction of sp³-hybridized carbons (Fsp3) is 0.250. The van der Waals surface area contributed by atoms with Crippen LogP contribution in [0.1, 0.15) is 17.0 Å². The molecule has 21 heavy (non-hydrogen) atoms. The van der Waals surface area contributed by atoms with E-state index in [0.717, 1.165) is 17.9 Å². The van der Waals surface area contributed by atoms with E-state index in [2.05, 4.69) is 17.4 Å². The maximum absolute atomic E-state index is 12.7. The van der Waals surface area contributed by atoms with Crippen molar-refractivity contribution in [3.05, 3.63) is 59.7 Å². The molecule has 1 heterocycles. The molecule has 2 aromatic carbocycles. The Balaban J connectivity index is 1.69. The van der Waals surface area contributed by atoms with Gasteiger partial charge in [0.25, 0.3) is 0 Å². The summed E-state index contributed by atoms with van der Waals surface area (Å²) in [6.07, 6.45) is -4.30. The van der Waals surface area contributed by atoms with E-state index in [1.54, 1.807) is 17.8 Å². The quantitative estimate of drug-likeness (QED) is 0.855. The van der Waals surface area contributed by atoms with Gasteiger partial charge in [-0.3, -0.25) is 0 Å². The van der Waals surface area contributed by atoms with Crippen LogP contribution in [-0.2, 0) is 6.18 Å². The number of rotatable bonds is 3. The molecule has 1 unspecified atom stereocenters. The van der Waals surface area contributed by atoms with E-state index < -0.39 is 11.7 Å². The fourth-order valence-electron chi connectivity index (χ4n) is 2.44. The first kappa shape index (κ1) is 14.3. The lowest BCUT2D eigenvalue weighted by Crippen LogP contribution is -2.13. The highest BCUT2D eigenvalue weighted by molar-refractivity contribution is 7.99. The van der Waals surface area contributed by atoms with E-state index in [-0.39, 0.29) is 0 Å².